The molecule has 0 bridgehead atoms. The lowest BCUT2D eigenvalue weighted by atomic mass is 10.2. The summed E-state index contributed by atoms with van der Waals surface area (Å²) in [4.78, 5) is 4.10. The molecule has 0 aliphatic carbocycles. The van der Waals surface area contributed by atoms with Crippen molar-refractivity contribution in [1.29, 1.82) is 0 Å². The van der Waals surface area contributed by atoms with E-state index in [0.29, 0.717) is 10.7 Å². The van der Waals surface area contributed by atoms with E-state index in [0.717, 1.165) is 24.4 Å². The van der Waals surface area contributed by atoms with Gasteiger partial charge in [-0.2, -0.15) is 5.10 Å². The summed E-state index contributed by atoms with van der Waals surface area (Å²) in [6.07, 6.45) is 4.39. The molecular formula is C12H16N4S. The van der Waals surface area contributed by atoms with Crippen LogP contribution in [0.25, 0.3) is 0 Å². The van der Waals surface area contributed by atoms with Crippen LogP contribution < -0.4 is 0 Å². The first-order valence-corrected chi connectivity index (χ1v) is 6.10. The van der Waals surface area contributed by atoms with Gasteiger partial charge in [0.15, 0.2) is 4.77 Å². The van der Waals surface area contributed by atoms with Crippen LogP contribution in [0.5, 0.6) is 0 Å². The van der Waals surface area contributed by atoms with E-state index in [9.17, 15) is 0 Å². The number of nitrogens with one attached hydrogen (secondary N) is 1. The van der Waals surface area contributed by atoms with E-state index in [1.54, 1.807) is 6.20 Å². The first-order chi connectivity index (χ1) is 8.16. The molecule has 0 radical (unpaired) electrons. The molecule has 0 aliphatic rings. The summed E-state index contributed by atoms with van der Waals surface area (Å²) < 4.78 is 2.75. The van der Waals surface area contributed by atoms with Crippen molar-refractivity contribution < 1.29 is 0 Å². The number of H-pyrrole nitrogens is 1. The SMILES string of the molecule is CC(C)Cn1c(Cc2cccnc2)n[nH]c1=S. The largest absolute Gasteiger partial charge is 0.304 e. The van der Waals surface area contributed by atoms with E-state index in [2.05, 4.69) is 33.6 Å². The highest BCUT2D eigenvalue weighted by atomic mass is 32.1. The van der Waals surface area contributed by atoms with Crippen molar-refractivity contribution in [3.8, 4) is 0 Å². The van der Waals surface area contributed by atoms with Gasteiger partial charge < -0.3 is 4.57 Å². The zero-order chi connectivity index (χ0) is 12.3. The summed E-state index contributed by atoms with van der Waals surface area (Å²) in [6.45, 7) is 5.23. The van der Waals surface area contributed by atoms with Crippen LogP contribution in [0, 0.1) is 10.7 Å². The standard InChI is InChI=1S/C12H16N4S/c1-9(2)8-16-11(14-15-12(16)17)6-10-4-3-5-13-7-10/h3-5,7,9H,6,8H2,1-2H3,(H,15,17). The summed E-state index contributed by atoms with van der Waals surface area (Å²) in [6, 6.07) is 3.98. The van der Waals surface area contributed by atoms with E-state index >= 15 is 0 Å². The normalized spacial score (nSPS) is 11.0. The van der Waals surface area contributed by atoms with E-state index < -0.39 is 0 Å². The van der Waals surface area contributed by atoms with Gasteiger partial charge in [-0.05, 0) is 29.8 Å². The van der Waals surface area contributed by atoms with Crippen LogP contribution >= 0.6 is 12.2 Å². The van der Waals surface area contributed by atoms with Crippen molar-refractivity contribution in [1.82, 2.24) is 19.7 Å². The van der Waals surface area contributed by atoms with Crippen molar-refractivity contribution in [3.63, 3.8) is 0 Å². The predicted octanol–water partition coefficient (Wildman–Crippen LogP) is 2.58. The third kappa shape index (κ3) is 3.00. The Labute approximate surface area is 106 Å². The smallest absolute Gasteiger partial charge is 0.195 e. The van der Waals surface area contributed by atoms with Crippen LogP contribution in [0.4, 0.5) is 0 Å². The fourth-order valence-electron chi connectivity index (χ4n) is 1.72. The molecule has 0 unspecified atom stereocenters. The average molecular weight is 248 g/mol. The van der Waals surface area contributed by atoms with Gasteiger partial charge in [-0.15, -0.1) is 0 Å². The van der Waals surface area contributed by atoms with Crippen molar-refractivity contribution in [2.45, 2.75) is 26.8 Å². The Kier molecular flexibility index (Phi) is 3.68. The Bertz CT molecular complexity index is 527. The van der Waals surface area contributed by atoms with Gasteiger partial charge in [-0.25, -0.2) is 0 Å². The average Bonchev–Trinajstić information content (AvgIpc) is 2.62. The van der Waals surface area contributed by atoms with Crippen LogP contribution in [0.15, 0.2) is 24.5 Å². The van der Waals surface area contributed by atoms with Gasteiger partial charge in [0.2, 0.25) is 0 Å². The lowest BCUT2D eigenvalue weighted by molar-refractivity contribution is 0.505. The summed E-state index contributed by atoms with van der Waals surface area (Å²) in [5.41, 5.74) is 1.14. The van der Waals surface area contributed by atoms with Crippen molar-refractivity contribution in [3.05, 3.63) is 40.7 Å². The Morgan fingerprint density at radius 1 is 1.47 bits per heavy atom. The molecule has 0 fully saturated rings. The topological polar surface area (TPSA) is 46.5 Å². The number of nitrogens with zero attached hydrogens (tertiary/aromatic N) is 3. The molecule has 0 saturated carbocycles. The molecule has 0 atom stereocenters. The molecule has 4 nitrogen and oxygen atoms in total. The molecule has 1 N–H and O–H groups in total. The maximum Gasteiger partial charge on any atom is 0.195 e. The van der Waals surface area contributed by atoms with Crippen molar-refractivity contribution in [2.75, 3.05) is 0 Å². The van der Waals surface area contributed by atoms with Crippen molar-refractivity contribution >= 4 is 12.2 Å². The van der Waals surface area contributed by atoms with Gasteiger partial charge in [0.25, 0.3) is 0 Å². The summed E-state index contributed by atoms with van der Waals surface area (Å²) in [7, 11) is 0. The minimum atomic E-state index is 0.548. The molecule has 0 saturated heterocycles. The molecule has 0 aromatic carbocycles. The second-order valence-electron chi connectivity index (χ2n) is 4.49. The molecule has 0 spiro atoms. The molecule has 2 heterocycles. The maximum atomic E-state index is 5.24. The lowest BCUT2D eigenvalue weighted by Gasteiger charge is -2.09. The number of pyridine rings is 1. The third-order valence-electron chi connectivity index (χ3n) is 2.47. The van der Waals surface area contributed by atoms with Crippen LogP contribution in [0.1, 0.15) is 25.2 Å². The minimum absolute atomic E-state index is 0.548. The highest BCUT2D eigenvalue weighted by molar-refractivity contribution is 7.71. The van der Waals surface area contributed by atoms with Gasteiger partial charge >= 0.3 is 0 Å². The Morgan fingerprint density at radius 3 is 2.94 bits per heavy atom. The zero-order valence-electron chi connectivity index (χ0n) is 10.1. The summed E-state index contributed by atoms with van der Waals surface area (Å²) in [5.74, 6) is 1.52. The second kappa shape index (κ2) is 5.23. The number of hydrogen-bond donors (Lipinski definition) is 1. The van der Waals surface area contributed by atoms with Gasteiger partial charge in [-0.1, -0.05) is 19.9 Å². The molecule has 0 aliphatic heterocycles. The molecule has 2 aromatic heterocycles. The molecule has 0 amide bonds. The summed E-state index contributed by atoms with van der Waals surface area (Å²) >= 11 is 5.24. The van der Waals surface area contributed by atoms with E-state index in [1.165, 1.54) is 0 Å². The van der Waals surface area contributed by atoms with Crippen LogP contribution in [0.3, 0.4) is 0 Å². The van der Waals surface area contributed by atoms with Crippen LogP contribution in [-0.4, -0.2) is 19.7 Å². The fourth-order valence-corrected chi connectivity index (χ4v) is 1.95. The van der Waals surface area contributed by atoms with Crippen LogP contribution in [-0.2, 0) is 13.0 Å². The summed E-state index contributed by atoms with van der Waals surface area (Å²) in [5, 5.41) is 7.14. The van der Waals surface area contributed by atoms with Gasteiger partial charge in [0.05, 0.1) is 0 Å². The van der Waals surface area contributed by atoms with Crippen molar-refractivity contribution in [2.24, 2.45) is 5.92 Å². The van der Waals surface area contributed by atoms with Gasteiger partial charge in [0, 0.05) is 25.4 Å². The highest BCUT2D eigenvalue weighted by Gasteiger charge is 2.08. The fraction of sp³-hybridized carbons (Fsp3) is 0.417. The van der Waals surface area contributed by atoms with Gasteiger partial charge in [-0.3, -0.25) is 10.1 Å². The molecule has 2 rings (SSSR count). The second-order valence-corrected chi connectivity index (χ2v) is 4.87. The van der Waals surface area contributed by atoms with Crippen LogP contribution in [0.2, 0.25) is 0 Å². The quantitative estimate of drug-likeness (QED) is 0.846. The number of aromatic amines is 1. The molecule has 2 aromatic rings. The molecule has 17 heavy (non-hydrogen) atoms. The molecule has 5 heteroatoms. The first-order valence-electron chi connectivity index (χ1n) is 5.70. The number of rotatable bonds is 4. The van der Waals surface area contributed by atoms with E-state index in [1.807, 2.05) is 18.3 Å². The minimum Gasteiger partial charge on any atom is -0.304 e. The van der Waals surface area contributed by atoms with E-state index in [4.69, 9.17) is 12.2 Å². The molecule has 90 valence electrons. The van der Waals surface area contributed by atoms with E-state index in [-0.39, 0.29) is 0 Å². The predicted molar refractivity (Wildman–Crippen MR) is 69.3 cm³/mol. The highest BCUT2D eigenvalue weighted by Crippen LogP contribution is 2.09. The maximum absolute atomic E-state index is 5.24. The third-order valence-corrected chi connectivity index (χ3v) is 2.78. The Hall–Kier alpha value is -1.49. The number of aromatic nitrogens is 4. The number of hydrogen-bond acceptors (Lipinski definition) is 3. The van der Waals surface area contributed by atoms with Gasteiger partial charge in [0.1, 0.15) is 5.82 Å². The Balaban J connectivity index is 2.25. The first kappa shape index (κ1) is 12.0. The zero-order valence-corrected chi connectivity index (χ0v) is 10.9. The molecular weight excluding hydrogens is 232 g/mol. The monoisotopic (exact) mass is 248 g/mol. The lowest BCUT2D eigenvalue weighted by Crippen LogP contribution is -2.09. The Morgan fingerprint density at radius 2 is 2.29 bits per heavy atom.